The van der Waals surface area contributed by atoms with Crippen molar-refractivity contribution in [2.45, 2.75) is 19.3 Å². The number of amides is 1. The Labute approximate surface area is 138 Å². The molecule has 0 aromatic heterocycles. The van der Waals surface area contributed by atoms with Crippen LogP contribution in [0.25, 0.3) is 0 Å². The minimum atomic E-state index is -4.99. The maximum absolute atomic E-state index is 12.8. The topological polar surface area (TPSA) is 55.1 Å². The number of aryl methyl sites for hydroxylation is 1. The molecule has 0 heterocycles. The van der Waals surface area contributed by atoms with Crippen LogP contribution in [-0.4, -0.2) is 5.91 Å². The van der Waals surface area contributed by atoms with Crippen LogP contribution in [0.5, 0.6) is 0 Å². The fourth-order valence-corrected chi connectivity index (χ4v) is 2.01. The van der Waals surface area contributed by atoms with Crippen LogP contribution in [-0.2, 0) is 12.4 Å². The Morgan fingerprint density at radius 1 is 0.920 bits per heavy atom. The van der Waals surface area contributed by atoms with Crippen LogP contribution in [0.4, 0.5) is 37.7 Å². The van der Waals surface area contributed by atoms with Gasteiger partial charge in [-0.25, -0.2) is 0 Å². The van der Waals surface area contributed by atoms with Crippen LogP contribution in [0.2, 0.25) is 0 Å². The number of hydrogen-bond acceptors (Lipinski definition) is 2. The molecule has 2 rings (SSSR count). The van der Waals surface area contributed by atoms with E-state index in [2.05, 4.69) is 0 Å². The zero-order chi connectivity index (χ0) is 19.0. The van der Waals surface area contributed by atoms with E-state index in [0.29, 0.717) is 17.7 Å². The maximum Gasteiger partial charge on any atom is 0.416 e. The van der Waals surface area contributed by atoms with Gasteiger partial charge in [-0.3, -0.25) is 4.79 Å². The molecule has 0 atom stereocenters. The summed E-state index contributed by atoms with van der Waals surface area (Å²) < 4.78 is 76.8. The van der Waals surface area contributed by atoms with E-state index in [9.17, 15) is 31.1 Å². The molecular weight excluding hydrogens is 350 g/mol. The molecule has 0 bridgehead atoms. The molecule has 0 radical (unpaired) electrons. The molecule has 9 heteroatoms. The highest BCUT2D eigenvalue weighted by atomic mass is 19.4. The van der Waals surface area contributed by atoms with E-state index in [-0.39, 0.29) is 17.3 Å². The fourth-order valence-electron chi connectivity index (χ4n) is 2.01. The molecule has 3 nitrogen and oxygen atoms in total. The van der Waals surface area contributed by atoms with Crippen LogP contribution < -0.4 is 11.1 Å². The molecule has 0 aliphatic rings. The minimum Gasteiger partial charge on any atom is -0.398 e. The number of halogens is 6. The van der Waals surface area contributed by atoms with Gasteiger partial charge in [0.1, 0.15) is 0 Å². The van der Waals surface area contributed by atoms with Gasteiger partial charge in [-0.2, -0.15) is 26.3 Å². The standard InChI is InChI=1S/C16H12F6N2O/c1-8-2-3-9(4-13(8)23)14(25)24-12-6-10(15(17,18)19)5-11(7-12)16(20,21)22/h2-7H,23H2,1H3,(H,24,25). The number of anilines is 2. The van der Waals surface area contributed by atoms with Crippen molar-refractivity contribution >= 4 is 17.3 Å². The Morgan fingerprint density at radius 2 is 1.44 bits per heavy atom. The van der Waals surface area contributed by atoms with Crippen LogP contribution in [0, 0.1) is 6.92 Å². The predicted molar refractivity (Wildman–Crippen MR) is 80.0 cm³/mol. The lowest BCUT2D eigenvalue weighted by Gasteiger charge is -2.15. The van der Waals surface area contributed by atoms with Crippen molar-refractivity contribution < 1.29 is 31.1 Å². The van der Waals surface area contributed by atoms with E-state index >= 15 is 0 Å². The van der Waals surface area contributed by atoms with Gasteiger partial charge >= 0.3 is 12.4 Å². The monoisotopic (exact) mass is 362 g/mol. The Bertz CT molecular complexity index is 779. The second kappa shape index (κ2) is 6.30. The maximum atomic E-state index is 12.8. The van der Waals surface area contributed by atoms with Gasteiger partial charge in [0.15, 0.2) is 0 Å². The molecular formula is C16H12F6N2O. The lowest BCUT2D eigenvalue weighted by Crippen LogP contribution is -2.16. The third-order valence-electron chi connectivity index (χ3n) is 3.39. The normalized spacial score (nSPS) is 12.1. The fraction of sp³-hybridized carbons (Fsp3) is 0.188. The summed E-state index contributed by atoms with van der Waals surface area (Å²) in [6.07, 6.45) is -9.98. The van der Waals surface area contributed by atoms with Gasteiger partial charge in [0, 0.05) is 16.9 Å². The summed E-state index contributed by atoms with van der Waals surface area (Å²) in [7, 11) is 0. The first kappa shape index (κ1) is 18.6. The lowest BCUT2D eigenvalue weighted by atomic mass is 10.1. The second-order valence-electron chi connectivity index (χ2n) is 5.32. The van der Waals surface area contributed by atoms with E-state index in [1.807, 2.05) is 5.32 Å². The summed E-state index contributed by atoms with van der Waals surface area (Å²) in [5.41, 5.74) is 2.95. The van der Waals surface area contributed by atoms with Crippen molar-refractivity contribution in [2.24, 2.45) is 0 Å². The number of alkyl halides is 6. The smallest absolute Gasteiger partial charge is 0.398 e. The molecule has 0 unspecified atom stereocenters. The third kappa shape index (κ3) is 4.43. The van der Waals surface area contributed by atoms with Crippen molar-refractivity contribution in [1.29, 1.82) is 0 Å². The molecule has 134 valence electrons. The summed E-state index contributed by atoms with van der Waals surface area (Å²) in [5.74, 6) is -0.876. The van der Waals surface area contributed by atoms with Crippen LogP contribution >= 0.6 is 0 Å². The Kier molecular flexibility index (Phi) is 4.70. The number of nitrogen functional groups attached to an aromatic ring is 1. The summed E-state index contributed by atoms with van der Waals surface area (Å²) in [4.78, 5) is 12.1. The molecule has 25 heavy (non-hydrogen) atoms. The molecule has 0 spiro atoms. The lowest BCUT2D eigenvalue weighted by molar-refractivity contribution is -0.143. The highest BCUT2D eigenvalue weighted by molar-refractivity contribution is 6.05. The second-order valence-corrected chi connectivity index (χ2v) is 5.32. The summed E-state index contributed by atoms with van der Waals surface area (Å²) in [6.45, 7) is 1.68. The Balaban J connectivity index is 2.41. The Morgan fingerprint density at radius 3 is 1.88 bits per heavy atom. The number of nitrogens with two attached hydrogens (primary N) is 1. The van der Waals surface area contributed by atoms with Crippen LogP contribution in [0.1, 0.15) is 27.0 Å². The van der Waals surface area contributed by atoms with Gasteiger partial charge < -0.3 is 11.1 Å². The highest BCUT2D eigenvalue weighted by Gasteiger charge is 2.37. The van der Waals surface area contributed by atoms with E-state index in [1.165, 1.54) is 18.2 Å². The number of carbonyl (C=O) groups excluding carboxylic acids is 1. The van der Waals surface area contributed by atoms with Crippen molar-refractivity contribution in [3.63, 3.8) is 0 Å². The van der Waals surface area contributed by atoms with E-state index < -0.39 is 35.1 Å². The van der Waals surface area contributed by atoms with Gasteiger partial charge in [-0.1, -0.05) is 6.07 Å². The zero-order valence-corrected chi connectivity index (χ0v) is 12.7. The van der Waals surface area contributed by atoms with Gasteiger partial charge in [0.25, 0.3) is 5.91 Å². The summed E-state index contributed by atoms with van der Waals surface area (Å²) >= 11 is 0. The van der Waals surface area contributed by atoms with E-state index in [0.717, 1.165) is 0 Å². The minimum absolute atomic E-state index is 0.00840. The summed E-state index contributed by atoms with van der Waals surface area (Å²) in [6, 6.07) is 5.01. The van der Waals surface area contributed by atoms with E-state index in [1.54, 1.807) is 6.92 Å². The molecule has 0 aliphatic heterocycles. The summed E-state index contributed by atoms with van der Waals surface area (Å²) in [5, 5.41) is 2.04. The quantitative estimate of drug-likeness (QED) is 0.592. The molecule has 3 N–H and O–H groups in total. The number of hydrogen-bond donors (Lipinski definition) is 2. The van der Waals surface area contributed by atoms with Gasteiger partial charge in [-0.05, 0) is 42.8 Å². The number of nitrogens with one attached hydrogen (secondary N) is 1. The third-order valence-corrected chi connectivity index (χ3v) is 3.39. The zero-order valence-electron chi connectivity index (χ0n) is 12.7. The van der Waals surface area contributed by atoms with Crippen molar-refractivity contribution in [3.05, 3.63) is 58.7 Å². The molecule has 0 aliphatic carbocycles. The van der Waals surface area contributed by atoms with Crippen molar-refractivity contribution in [1.82, 2.24) is 0 Å². The van der Waals surface area contributed by atoms with Crippen molar-refractivity contribution in [2.75, 3.05) is 11.1 Å². The van der Waals surface area contributed by atoms with Crippen LogP contribution in [0.15, 0.2) is 36.4 Å². The number of rotatable bonds is 2. The first-order chi connectivity index (χ1) is 11.4. The van der Waals surface area contributed by atoms with Crippen molar-refractivity contribution in [3.8, 4) is 0 Å². The first-order valence-electron chi connectivity index (χ1n) is 6.85. The number of carbonyl (C=O) groups is 1. The van der Waals surface area contributed by atoms with E-state index in [4.69, 9.17) is 5.73 Å². The van der Waals surface area contributed by atoms with Crippen LogP contribution in [0.3, 0.4) is 0 Å². The number of benzene rings is 2. The molecule has 1 amide bonds. The largest absolute Gasteiger partial charge is 0.416 e. The molecule has 2 aromatic carbocycles. The average Bonchev–Trinajstić information content (AvgIpc) is 2.48. The average molecular weight is 362 g/mol. The van der Waals surface area contributed by atoms with Gasteiger partial charge in [0.05, 0.1) is 11.1 Å². The molecule has 2 aromatic rings. The Hall–Kier alpha value is -2.71. The van der Waals surface area contributed by atoms with Gasteiger partial charge in [0.2, 0.25) is 0 Å². The first-order valence-corrected chi connectivity index (χ1v) is 6.85. The molecule has 0 saturated carbocycles. The predicted octanol–water partition coefficient (Wildman–Crippen LogP) is 4.87. The van der Waals surface area contributed by atoms with Gasteiger partial charge in [-0.15, -0.1) is 0 Å². The highest BCUT2D eigenvalue weighted by Crippen LogP contribution is 2.37. The molecule has 0 fully saturated rings. The molecule has 0 saturated heterocycles. The SMILES string of the molecule is Cc1ccc(C(=O)Nc2cc(C(F)(F)F)cc(C(F)(F)F)c2)cc1N.